The van der Waals surface area contributed by atoms with Gasteiger partial charge in [-0.25, -0.2) is 14.5 Å². The predicted octanol–water partition coefficient (Wildman–Crippen LogP) is 4.11. The lowest BCUT2D eigenvalue weighted by Crippen LogP contribution is -2.19. The molecular weight excluding hydrogens is 362 g/mol. The lowest BCUT2D eigenvalue weighted by atomic mass is 9.89. The van der Waals surface area contributed by atoms with Crippen molar-refractivity contribution in [2.45, 2.75) is 39.2 Å². The summed E-state index contributed by atoms with van der Waals surface area (Å²) in [4.78, 5) is 8.86. The maximum absolute atomic E-state index is 9.35. The third-order valence-corrected chi connectivity index (χ3v) is 5.86. The van der Waals surface area contributed by atoms with E-state index in [4.69, 9.17) is 0 Å². The lowest BCUT2D eigenvalue weighted by Gasteiger charge is -2.22. The van der Waals surface area contributed by atoms with Crippen molar-refractivity contribution in [2.75, 3.05) is 0 Å². The van der Waals surface area contributed by atoms with Crippen LogP contribution in [0.2, 0.25) is 0 Å². The van der Waals surface area contributed by atoms with Crippen LogP contribution in [-0.2, 0) is 6.54 Å². The van der Waals surface area contributed by atoms with Gasteiger partial charge in [0.15, 0.2) is 5.65 Å². The average molecular weight is 383 g/mol. The summed E-state index contributed by atoms with van der Waals surface area (Å²) in [7, 11) is 0. The third kappa shape index (κ3) is 3.27. The number of hydrogen-bond acceptors (Lipinski definition) is 5. The number of pyridine rings is 2. The monoisotopic (exact) mass is 383 g/mol. The molecule has 0 atom stereocenters. The van der Waals surface area contributed by atoms with E-state index in [1.54, 1.807) is 10.6 Å². The van der Waals surface area contributed by atoms with Crippen molar-refractivity contribution in [1.82, 2.24) is 29.4 Å². The Hall–Kier alpha value is -3.53. The van der Waals surface area contributed by atoms with Crippen LogP contribution in [0.5, 0.6) is 0 Å². The number of nitrogens with zero attached hydrogens (tertiary/aromatic N) is 7. The Bertz CT molecular complexity index is 1220. The molecule has 0 aliphatic heterocycles. The van der Waals surface area contributed by atoms with Crippen LogP contribution < -0.4 is 0 Å². The molecule has 0 aromatic carbocycles. The van der Waals surface area contributed by atoms with E-state index in [-0.39, 0.29) is 0 Å². The minimum atomic E-state index is 0.327. The highest BCUT2D eigenvalue weighted by atomic mass is 15.3. The molecule has 1 fully saturated rings. The Morgan fingerprint density at radius 3 is 2.83 bits per heavy atom. The average Bonchev–Trinajstić information content (AvgIpc) is 3.48. The van der Waals surface area contributed by atoms with Gasteiger partial charge in [-0.05, 0) is 42.5 Å². The van der Waals surface area contributed by atoms with Crippen molar-refractivity contribution in [3.05, 3.63) is 54.9 Å². The maximum atomic E-state index is 9.35. The standard InChI is InChI=1S/C22H21N7/c1-22(7-2-3-8-22)14-28-13-17(12-25-28)19-5-4-18(11-23)27-21(19)16-6-9-29-20(10-16)24-15-26-29/h4-6,9-10,12-13,15H,2-3,7-8,14H2,1H3. The highest BCUT2D eigenvalue weighted by molar-refractivity contribution is 5.81. The second kappa shape index (κ2) is 6.82. The number of aromatic nitrogens is 6. The molecule has 0 unspecified atom stereocenters. The fourth-order valence-corrected chi connectivity index (χ4v) is 4.30. The smallest absolute Gasteiger partial charge is 0.155 e. The van der Waals surface area contributed by atoms with E-state index < -0.39 is 0 Å². The third-order valence-electron chi connectivity index (χ3n) is 5.86. The van der Waals surface area contributed by atoms with Gasteiger partial charge < -0.3 is 0 Å². The van der Waals surface area contributed by atoms with Crippen molar-refractivity contribution < 1.29 is 0 Å². The van der Waals surface area contributed by atoms with Gasteiger partial charge in [-0.2, -0.15) is 15.5 Å². The van der Waals surface area contributed by atoms with Gasteiger partial charge in [-0.15, -0.1) is 0 Å². The number of rotatable bonds is 4. The van der Waals surface area contributed by atoms with Crippen molar-refractivity contribution in [2.24, 2.45) is 5.41 Å². The van der Waals surface area contributed by atoms with E-state index in [1.165, 1.54) is 32.0 Å². The van der Waals surface area contributed by atoms with Gasteiger partial charge in [-0.3, -0.25) is 4.68 Å². The van der Waals surface area contributed by atoms with Crippen LogP contribution >= 0.6 is 0 Å². The van der Waals surface area contributed by atoms with Gasteiger partial charge in [0.05, 0.1) is 11.9 Å². The molecule has 4 aromatic heterocycles. The fourth-order valence-electron chi connectivity index (χ4n) is 4.30. The van der Waals surface area contributed by atoms with Crippen LogP contribution in [0.1, 0.15) is 38.3 Å². The molecule has 1 saturated carbocycles. The van der Waals surface area contributed by atoms with Gasteiger partial charge in [0.25, 0.3) is 0 Å². The quantitative estimate of drug-likeness (QED) is 0.529. The molecule has 1 aliphatic rings. The summed E-state index contributed by atoms with van der Waals surface area (Å²) in [5, 5.41) is 18.1. The van der Waals surface area contributed by atoms with Gasteiger partial charge >= 0.3 is 0 Å². The number of hydrogen-bond donors (Lipinski definition) is 0. The Balaban J connectivity index is 1.56. The largest absolute Gasteiger partial charge is 0.272 e. The molecule has 0 bridgehead atoms. The summed E-state index contributed by atoms with van der Waals surface area (Å²) in [6.45, 7) is 3.28. The molecule has 0 radical (unpaired) electrons. The molecule has 0 N–H and O–H groups in total. The zero-order valence-electron chi connectivity index (χ0n) is 16.3. The zero-order chi connectivity index (χ0) is 19.8. The van der Waals surface area contributed by atoms with Gasteiger partial charge in [0.1, 0.15) is 18.1 Å². The molecule has 4 aromatic rings. The Kier molecular flexibility index (Phi) is 4.13. The number of fused-ring (bicyclic) bond motifs is 1. The topological polar surface area (TPSA) is 84.7 Å². The van der Waals surface area contributed by atoms with Crippen molar-refractivity contribution >= 4 is 5.65 Å². The summed E-state index contributed by atoms with van der Waals surface area (Å²) in [6, 6.07) is 9.72. The Morgan fingerprint density at radius 1 is 1.14 bits per heavy atom. The molecule has 1 aliphatic carbocycles. The van der Waals surface area contributed by atoms with Crippen molar-refractivity contribution in [1.29, 1.82) is 5.26 Å². The van der Waals surface area contributed by atoms with Crippen LogP contribution in [0.15, 0.2) is 49.2 Å². The summed E-state index contributed by atoms with van der Waals surface area (Å²) >= 11 is 0. The van der Waals surface area contributed by atoms with E-state index in [9.17, 15) is 5.26 Å². The molecular formula is C22H21N7. The van der Waals surface area contributed by atoms with E-state index in [0.717, 1.165) is 34.6 Å². The molecule has 7 heteroatoms. The van der Waals surface area contributed by atoms with Crippen molar-refractivity contribution in [3.8, 4) is 28.5 Å². The molecule has 4 heterocycles. The van der Waals surface area contributed by atoms with Crippen molar-refractivity contribution in [3.63, 3.8) is 0 Å². The van der Waals surface area contributed by atoms with Gasteiger partial charge in [0.2, 0.25) is 0 Å². The van der Waals surface area contributed by atoms with E-state index in [2.05, 4.69) is 39.4 Å². The minimum Gasteiger partial charge on any atom is -0.272 e. The predicted molar refractivity (Wildman–Crippen MR) is 109 cm³/mol. The normalized spacial score (nSPS) is 15.6. The summed E-state index contributed by atoms with van der Waals surface area (Å²) in [5.74, 6) is 0. The SMILES string of the molecule is CC1(Cn2cc(-c3ccc(C#N)nc3-c3ccn4ncnc4c3)cn2)CCCC1. The Labute approximate surface area is 168 Å². The van der Waals surface area contributed by atoms with E-state index in [1.807, 2.05) is 35.3 Å². The summed E-state index contributed by atoms with van der Waals surface area (Å²) in [6.07, 6.45) is 12.5. The first-order valence-corrected chi connectivity index (χ1v) is 9.87. The van der Waals surface area contributed by atoms with Gasteiger partial charge in [0, 0.05) is 35.6 Å². The maximum Gasteiger partial charge on any atom is 0.155 e. The van der Waals surface area contributed by atoms with Gasteiger partial charge in [-0.1, -0.05) is 19.8 Å². The molecule has 29 heavy (non-hydrogen) atoms. The molecule has 5 rings (SSSR count). The Morgan fingerprint density at radius 2 is 2.00 bits per heavy atom. The minimum absolute atomic E-state index is 0.327. The highest BCUT2D eigenvalue weighted by Crippen LogP contribution is 2.39. The van der Waals surface area contributed by atoms with Crippen LogP contribution in [0.25, 0.3) is 28.0 Å². The lowest BCUT2D eigenvalue weighted by molar-refractivity contribution is 0.268. The molecule has 0 spiro atoms. The van der Waals surface area contributed by atoms with Crippen LogP contribution in [0.4, 0.5) is 0 Å². The van der Waals surface area contributed by atoms with E-state index >= 15 is 0 Å². The fraction of sp³-hybridized carbons (Fsp3) is 0.318. The molecule has 0 amide bonds. The number of nitriles is 1. The highest BCUT2D eigenvalue weighted by Gasteiger charge is 2.29. The second-order valence-electron chi connectivity index (χ2n) is 8.13. The van der Waals surface area contributed by atoms with Crippen LogP contribution in [0.3, 0.4) is 0 Å². The second-order valence-corrected chi connectivity index (χ2v) is 8.13. The van der Waals surface area contributed by atoms with E-state index in [0.29, 0.717) is 11.1 Å². The summed E-state index contributed by atoms with van der Waals surface area (Å²) in [5.41, 5.74) is 5.05. The first-order chi connectivity index (χ1) is 14.1. The zero-order valence-corrected chi connectivity index (χ0v) is 16.3. The van der Waals surface area contributed by atoms with Crippen LogP contribution in [0, 0.1) is 16.7 Å². The van der Waals surface area contributed by atoms with Crippen LogP contribution in [-0.4, -0.2) is 29.4 Å². The molecule has 0 saturated heterocycles. The summed E-state index contributed by atoms with van der Waals surface area (Å²) < 4.78 is 3.75. The first kappa shape index (κ1) is 17.6. The molecule has 144 valence electrons. The first-order valence-electron chi connectivity index (χ1n) is 9.87. The molecule has 7 nitrogen and oxygen atoms in total.